The van der Waals surface area contributed by atoms with Crippen molar-refractivity contribution in [2.75, 3.05) is 18.4 Å². The van der Waals surface area contributed by atoms with E-state index in [9.17, 15) is 4.79 Å². The zero-order valence-corrected chi connectivity index (χ0v) is 15.0. The third-order valence-corrected chi connectivity index (χ3v) is 4.55. The van der Waals surface area contributed by atoms with Crippen LogP contribution in [-0.2, 0) is 18.3 Å². The van der Waals surface area contributed by atoms with E-state index in [0.717, 1.165) is 37.3 Å². The number of carbonyl (C=O) groups is 1. The van der Waals surface area contributed by atoms with Crippen molar-refractivity contribution in [3.05, 3.63) is 30.3 Å². The third kappa shape index (κ3) is 4.05. The molecule has 0 bridgehead atoms. The minimum absolute atomic E-state index is 0.176. The smallest absolute Gasteiger partial charge is 0.227 e. The van der Waals surface area contributed by atoms with Crippen LogP contribution in [0.2, 0.25) is 0 Å². The van der Waals surface area contributed by atoms with Crippen molar-refractivity contribution in [2.45, 2.75) is 31.6 Å². The van der Waals surface area contributed by atoms with Crippen LogP contribution in [0.5, 0.6) is 0 Å². The first kappa shape index (κ1) is 17.4. The number of hydrogen-bond donors (Lipinski definition) is 2. The van der Waals surface area contributed by atoms with E-state index in [1.165, 1.54) is 12.5 Å². The number of carbonyl (C=O) groups excluding carboxylic acids is 1. The van der Waals surface area contributed by atoms with Gasteiger partial charge in [0, 0.05) is 25.8 Å². The number of hydrogen-bond acceptors (Lipinski definition) is 8. The van der Waals surface area contributed by atoms with Crippen molar-refractivity contribution in [1.82, 2.24) is 30.2 Å². The number of nitrogens with zero attached hydrogens (tertiary/aromatic N) is 5. The Hall–Kier alpha value is -3.01. The molecule has 0 spiro atoms. The number of furan rings is 1. The number of piperidine rings is 1. The lowest BCUT2D eigenvalue weighted by atomic mass is 9.98. The van der Waals surface area contributed by atoms with Crippen molar-refractivity contribution < 1.29 is 13.7 Å². The van der Waals surface area contributed by atoms with Gasteiger partial charge in [0.15, 0.2) is 5.82 Å². The maximum atomic E-state index is 12.3. The number of amides is 1. The minimum Gasteiger partial charge on any atom is -0.472 e. The van der Waals surface area contributed by atoms with Gasteiger partial charge in [-0.3, -0.25) is 10.1 Å². The van der Waals surface area contributed by atoms with Gasteiger partial charge in [-0.05, 0) is 32.0 Å². The average molecular weight is 371 g/mol. The summed E-state index contributed by atoms with van der Waals surface area (Å²) in [5.41, 5.74) is 0.735. The third-order valence-electron chi connectivity index (χ3n) is 4.55. The molecule has 1 aliphatic heterocycles. The summed E-state index contributed by atoms with van der Waals surface area (Å²) >= 11 is 0. The van der Waals surface area contributed by atoms with Crippen LogP contribution in [-0.4, -0.2) is 43.9 Å². The van der Waals surface area contributed by atoms with Gasteiger partial charge in [0.05, 0.1) is 11.8 Å². The second kappa shape index (κ2) is 7.70. The summed E-state index contributed by atoms with van der Waals surface area (Å²) < 4.78 is 11.8. The van der Waals surface area contributed by atoms with Gasteiger partial charge in [0.2, 0.25) is 23.6 Å². The molecule has 142 valence electrons. The molecule has 0 radical (unpaired) electrons. The molecule has 1 fully saturated rings. The normalized spacial score (nSPS) is 15.1. The highest BCUT2D eigenvalue weighted by Gasteiger charge is 2.21. The quantitative estimate of drug-likeness (QED) is 0.668. The molecule has 0 unspecified atom stereocenters. The summed E-state index contributed by atoms with van der Waals surface area (Å²) in [7, 11) is 1.78. The molecule has 10 nitrogen and oxygen atoms in total. The number of nitrogens with one attached hydrogen (secondary N) is 2. The van der Waals surface area contributed by atoms with Gasteiger partial charge in [-0.15, -0.1) is 0 Å². The van der Waals surface area contributed by atoms with E-state index in [-0.39, 0.29) is 12.3 Å². The van der Waals surface area contributed by atoms with E-state index in [1.54, 1.807) is 17.8 Å². The van der Waals surface area contributed by atoms with Gasteiger partial charge < -0.3 is 14.3 Å². The Bertz CT molecular complexity index is 894. The molecule has 27 heavy (non-hydrogen) atoms. The number of aromatic nitrogens is 5. The Labute approximate surface area is 155 Å². The molecule has 0 atom stereocenters. The van der Waals surface area contributed by atoms with Gasteiger partial charge in [-0.1, -0.05) is 5.16 Å². The van der Waals surface area contributed by atoms with E-state index in [0.29, 0.717) is 30.0 Å². The molecular weight excluding hydrogens is 350 g/mol. The topological polar surface area (TPSA) is 124 Å². The van der Waals surface area contributed by atoms with Crippen LogP contribution in [0.25, 0.3) is 11.4 Å². The Morgan fingerprint density at radius 3 is 3.00 bits per heavy atom. The summed E-state index contributed by atoms with van der Waals surface area (Å²) in [6, 6.07) is 1.75. The fraction of sp³-hybridized carbons (Fsp3) is 0.471. The summed E-state index contributed by atoms with van der Waals surface area (Å²) in [6.07, 6.45) is 5.65. The lowest BCUT2D eigenvalue weighted by molar-refractivity contribution is -0.116. The predicted molar refractivity (Wildman–Crippen MR) is 94.8 cm³/mol. The van der Waals surface area contributed by atoms with E-state index < -0.39 is 0 Å². The zero-order chi connectivity index (χ0) is 18.6. The van der Waals surface area contributed by atoms with Crippen LogP contribution in [0, 0.1) is 0 Å². The number of aryl methyl sites for hydroxylation is 2. The lowest BCUT2D eigenvalue weighted by Crippen LogP contribution is -2.27. The lowest BCUT2D eigenvalue weighted by Gasteiger charge is -2.19. The summed E-state index contributed by atoms with van der Waals surface area (Å²) in [5, 5.41) is 14.5. The van der Waals surface area contributed by atoms with E-state index in [4.69, 9.17) is 8.94 Å². The molecule has 4 rings (SSSR count). The largest absolute Gasteiger partial charge is 0.472 e. The van der Waals surface area contributed by atoms with Crippen LogP contribution in [0.3, 0.4) is 0 Å². The molecule has 0 saturated carbocycles. The summed E-state index contributed by atoms with van der Waals surface area (Å²) in [6.45, 7) is 1.94. The molecule has 0 aliphatic carbocycles. The minimum atomic E-state index is -0.176. The molecule has 1 amide bonds. The molecule has 1 aliphatic rings. The van der Waals surface area contributed by atoms with Crippen molar-refractivity contribution in [3.8, 4) is 11.4 Å². The Balaban J connectivity index is 1.32. The first-order chi connectivity index (χ1) is 13.2. The van der Waals surface area contributed by atoms with Gasteiger partial charge in [-0.2, -0.15) is 15.1 Å². The van der Waals surface area contributed by atoms with Crippen LogP contribution in [0.15, 0.2) is 27.5 Å². The SMILES string of the molecule is Cn1nc(C2CCNCC2)nc1NC(=O)CCc1nc(-c2ccoc2)no1. The van der Waals surface area contributed by atoms with E-state index >= 15 is 0 Å². The first-order valence-corrected chi connectivity index (χ1v) is 8.95. The average Bonchev–Trinajstić information content (AvgIpc) is 3.42. The molecule has 4 heterocycles. The summed E-state index contributed by atoms with van der Waals surface area (Å²) in [4.78, 5) is 21.0. The van der Waals surface area contributed by atoms with Crippen molar-refractivity contribution in [3.63, 3.8) is 0 Å². The van der Waals surface area contributed by atoms with E-state index in [1.807, 2.05) is 0 Å². The monoisotopic (exact) mass is 371 g/mol. The summed E-state index contributed by atoms with van der Waals surface area (Å²) in [5.74, 6) is 2.25. The Kier molecular flexibility index (Phi) is 4.97. The predicted octanol–water partition coefficient (Wildman–Crippen LogP) is 1.50. The van der Waals surface area contributed by atoms with Crippen LogP contribution in [0.4, 0.5) is 5.95 Å². The van der Waals surface area contributed by atoms with Gasteiger partial charge in [-0.25, -0.2) is 4.68 Å². The van der Waals surface area contributed by atoms with Gasteiger partial charge in [0.25, 0.3) is 0 Å². The van der Waals surface area contributed by atoms with Gasteiger partial charge >= 0.3 is 0 Å². The molecule has 2 N–H and O–H groups in total. The molecule has 10 heteroatoms. The Morgan fingerprint density at radius 2 is 2.22 bits per heavy atom. The van der Waals surface area contributed by atoms with Crippen molar-refractivity contribution in [1.29, 1.82) is 0 Å². The second-order valence-electron chi connectivity index (χ2n) is 6.51. The maximum Gasteiger partial charge on any atom is 0.227 e. The molecule has 3 aromatic rings. The molecule has 0 aromatic carbocycles. The number of anilines is 1. The van der Waals surface area contributed by atoms with Gasteiger partial charge in [0.1, 0.15) is 6.26 Å². The highest BCUT2D eigenvalue weighted by molar-refractivity contribution is 5.89. The fourth-order valence-electron chi connectivity index (χ4n) is 3.04. The zero-order valence-electron chi connectivity index (χ0n) is 15.0. The second-order valence-corrected chi connectivity index (χ2v) is 6.51. The van der Waals surface area contributed by atoms with Crippen LogP contribution >= 0.6 is 0 Å². The maximum absolute atomic E-state index is 12.3. The Morgan fingerprint density at radius 1 is 1.37 bits per heavy atom. The van der Waals surface area contributed by atoms with Crippen LogP contribution in [0.1, 0.15) is 36.9 Å². The van der Waals surface area contributed by atoms with Crippen molar-refractivity contribution in [2.24, 2.45) is 7.05 Å². The number of rotatable bonds is 6. The molecule has 3 aromatic heterocycles. The van der Waals surface area contributed by atoms with E-state index in [2.05, 4.69) is 30.9 Å². The highest BCUT2D eigenvalue weighted by atomic mass is 16.5. The van der Waals surface area contributed by atoms with Crippen LogP contribution < -0.4 is 10.6 Å². The standard InChI is InChI=1S/C17H21N7O3/c1-24-17(21-15(22-24)11-4-7-18-8-5-11)19-13(25)2-3-14-20-16(23-27-14)12-6-9-26-10-12/h6,9-11,18H,2-5,7-8H2,1H3,(H,19,21,22,25). The highest BCUT2D eigenvalue weighted by Crippen LogP contribution is 2.23. The molecule has 1 saturated heterocycles. The fourth-order valence-corrected chi connectivity index (χ4v) is 3.04. The van der Waals surface area contributed by atoms with Crippen molar-refractivity contribution >= 4 is 11.9 Å². The molecular formula is C17H21N7O3. The first-order valence-electron chi connectivity index (χ1n) is 8.95.